The molecule has 0 aliphatic heterocycles. The first-order valence-corrected chi connectivity index (χ1v) is 10.2. The molecule has 0 saturated carbocycles. The molecule has 3 aromatic rings. The van der Waals surface area contributed by atoms with Crippen LogP contribution in [0.2, 0.25) is 5.02 Å². The zero-order chi connectivity index (χ0) is 21.0. The van der Waals surface area contributed by atoms with Crippen molar-refractivity contribution < 1.29 is 17.5 Å². The Morgan fingerprint density at radius 1 is 1.17 bits per heavy atom. The Labute approximate surface area is 172 Å². The molecule has 2 aromatic heterocycles. The van der Waals surface area contributed by atoms with Crippen LogP contribution in [0.15, 0.2) is 58.9 Å². The van der Waals surface area contributed by atoms with Gasteiger partial charge < -0.3 is 4.74 Å². The second kappa shape index (κ2) is 8.54. The minimum Gasteiger partial charge on any atom is -0.435 e. The highest BCUT2D eigenvalue weighted by Crippen LogP contribution is 2.27. The zero-order valence-corrected chi connectivity index (χ0v) is 17.0. The van der Waals surface area contributed by atoms with Crippen molar-refractivity contribution >= 4 is 27.8 Å². The van der Waals surface area contributed by atoms with Crippen LogP contribution in [0.1, 0.15) is 16.7 Å². The summed E-state index contributed by atoms with van der Waals surface area (Å²) in [6, 6.07) is 7.44. The molecule has 0 saturated heterocycles. The Hall–Kier alpha value is -3.04. The van der Waals surface area contributed by atoms with E-state index in [4.69, 9.17) is 16.3 Å². The highest BCUT2D eigenvalue weighted by molar-refractivity contribution is 7.89. The number of nitrogens with one attached hydrogen (secondary N) is 1. The van der Waals surface area contributed by atoms with Gasteiger partial charge in [-0.05, 0) is 32.0 Å². The molecule has 1 N–H and O–H groups in total. The normalized spacial score (nSPS) is 11.6. The molecule has 0 fully saturated rings. The maximum absolute atomic E-state index is 13.9. The van der Waals surface area contributed by atoms with E-state index in [2.05, 4.69) is 19.9 Å². The van der Waals surface area contributed by atoms with E-state index in [-0.39, 0.29) is 21.5 Å². The van der Waals surface area contributed by atoms with Crippen molar-refractivity contribution in [3.05, 3.63) is 76.5 Å². The van der Waals surface area contributed by atoms with Crippen LogP contribution in [0.5, 0.6) is 11.6 Å². The molecular formula is C19H16ClFN4O3S. The van der Waals surface area contributed by atoms with Gasteiger partial charge in [-0.3, -0.25) is 4.98 Å². The van der Waals surface area contributed by atoms with E-state index < -0.39 is 15.8 Å². The number of aromatic nitrogens is 2. The number of hydrazone groups is 1. The molecule has 0 spiro atoms. The van der Waals surface area contributed by atoms with Gasteiger partial charge in [0.25, 0.3) is 15.9 Å². The molecule has 7 nitrogen and oxygen atoms in total. The molecule has 29 heavy (non-hydrogen) atoms. The fourth-order valence-corrected chi connectivity index (χ4v) is 3.21. The third-order valence-electron chi connectivity index (χ3n) is 3.90. The Kier molecular flexibility index (Phi) is 6.09. The molecule has 150 valence electrons. The van der Waals surface area contributed by atoms with Gasteiger partial charge in [-0.25, -0.2) is 14.2 Å². The fourth-order valence-electron chi connectivity index (χ4n) is 2.27. The van der Waals surface area contributed by atoms with Crippen molar-refractivity contribution in [3.63, 3.8) is 0 Å². The van der Waals surface area contributed by atoms with Gasteiger partial charge in [0.15, 0.2) is 11.6 Å². The molecule has 0 bridgehead atoms. The van der Waals surface area contributed by atoms with Gasteiger partial charge in [0.1, 0.15) is 0 Å². The summed E-state index contributed by atoms with van der Waals surface area (Å²) in [5.41, 5.74) is 1.98. The van der Waals surface area contributed by atoms with E-state index in [0.717, 1.165) is 11.6 Å². The van der Waals surface area contributed by atoms with Gasteiger partial charge in [0.2, 0.25) is 0 Å². The molecule has 2 heterocycles. The molecule has 10 heteroatoms. The summed E-state index contributed by atoms with van der Waals surface area (Å²) in [6.45, 7) is 3.55. The lowest BCUT2D eigenvalue weighted by Crippen LogP contribution is -2.18. The Morgan fingerprint density at radius 3 is 2.59 bits per heavy atom. The van der Waals surface area contributed by atoms with Crippen LogP contribution in [0.25, 0.3) is 0 Å². The van der Waals surface area contributed by atoms with Crippen LogP contribution in [-0.2, 0) is 10.0 Å². The van der Waals surface area contributed by atoms with E-state index in [0.29, 0.717) is 11.1 Å². The van der Waals surface area contributed by atoms with Crippen LogP contribution in [0.4, 0.5) is 4.39 Å². The molecule has 0 aliphatic carbocycles. The first-order valence-electron chi connectivity index (χ1n) is 8.31. The number of sulfonamides is 1. The summed E-state index contributed by atoms with van der Waals surface area (Å²) in [6.07, 6.45) is 5.40. The van der Waals surface area contributed by atoms with Crippen LogP contribution in [0, 0.1) is 19.7 Å². The number of nitrogens with zero attached hydrogens (tertiary/aromatic N) is 3. The highest BCUT2D eigenvalue weighted by atomic mass is 35.5. The van der Waals surface area contributed by atoms with Gasteiger partial charge in [0, 0.05) is 23.5 Å². The summed E-state index contributed by atoms with van der Waals surface area (Å²) in [7, 11) is -3.80. The van der Waals surface area contributed by atoms with E-state index in [9.17, 15) is 12.8 Å². The van der Waals surface area contributed by atoms with E-state index in [1.807, 2.05) is 6.92 Å². The lowest BCUT2D eigenvalue weighted by molar-refractivity contribution is 0.418. The number of halogens is 2. The van der Waals surface area contributed by atoms with Gasteiger partial charge >= 0.3 is 0 Å². The second-order valence-corrected chi connectivity index (χ2v) is 8.16. The SMILES string of the molecule is Cc1ccc(S(=O)(=O)N/N=C/c2cncc(Oc3ncc(Cl)cc3F)c2C)cc1. The molecule has 0 atom stereocenters. The van der Waals surface area contributed by atoms with E-state index >= 15 is 0 Å². The monoisotopic (exact) mass is 434 g/mol. The number of ether oxygens (including phenoxy) is 1. The summed E-state index contributed by atoms with van der Waals surface area (Å²) >= 11 is 5.68. The number of hydrogen-bond donors (Lipinski definition) is 1. The number of benzene rings is 1. The van der Waals surface area contributed by atoms with Crippen molar-refractivity contribution in [3.8, 4) is 11.6 Å². The third kappa shape index (κ3) is 5.07. The molecule has 0 amide bonds. The number of hydrogen-bond acceptors (Lipinski definition) is 6. The Bertz CT molecular complexity index is 1170. The minimum atomic E-state index is -3.80. The highest BCUT2D eigenvalue weighted by Gasteiger charge is 2.13. The van der Waals surface area contributed by atoms with Crippen LogP contribution in [-0.4, -0.2) is 24.6 Å². The van der Waals surface area contributed by atoms with Crippen molar-refractivity contribution in [1.29, 1.82) is 0 Å². The van der Waals surface area contributed by atoms with E-state index in [1.54, 1.807) is 19.1 Å². The lowest BCUT2D eigenvalue weighted by Gasteiger charge is -2.10. The van der Waals surface area contributed by atoms with E-state index in [1.165, 1.54) is 36.9 Å². The number of pyridine rings is 2. The summed E-state index contributed by atoms with van der Waals surface area (Å²) < 4.78 is 43.9. The molecule has 1 aromatic carbocycles. The Morgan fingerprint density at radius 2 is 1.90 bits per heavy atom. The molecule has 3 rings (SSSR count). The standard InChI is InChI=1S/C19H16ClFN4O3S/c1-12-3-5-16(6-4-12)29(26,27)25-24-9-14-8-22-11-18(13(14)2)28-19-17(21)7-15(20)10-23-19/h3-11,25H,1-2H3/b24-9+. The largest absolute Gasteiger partial charge is 0.435 e. The van der Waals surface area contributed by atoms with Crippen LogP contribution >= 0.6 is 11.6 Å². The van der Waals surface area contributed by atoms with Gasteiger partial charge in [-0.15, -0.1) is 0 Å². The van der Waals surface area contributed by atoms with Crippen molar-refractivity contribution in [1.82, 2.24) is 14.8 Å². The number of aryl methyl sites for hydroxylation is 1. The first kappa shape index (κ1) is 20.7. The third-order valence-corrected chi connectivity index (χ3v) is 5.34. The smallest absolute Gasteiger partial charge is 0.276 e. The zero-order valence-electron chi connectivity index (χ0n) is 15.4. The topological polar surface area (TPSA) is 93.5 Å². The predicted molar refractivity (Wildman–Crippen MR) is 107 cm³/mol. The van der Waals surface area contributed by atoms with Crippen molar-refractivity contribution in [2.24, 2.45) is 5.10 Å². The average Bonchev–Trinajstić information content (AvgIpc) is 2.67. The lowest BCUT2D eigenvalue weighted by atomic mass is 10.1. The average molecular weight is 435 g/mol. The minimum absolute atomic E-state index is 0.0940. The second-order valence-electron chi connectivity index (χ2n) is 6.06. The molecule has 0 unspecified atom stereocenters. The molecular weight excluding hydrogens is 419 g/mol. The van der Waals surface area contributed by atoms with Gasteiger partial charge in [0.05, 0.1) is 22.3 Å². The Balaban J connectivity index is 1.78. The quantitative estimate of drug-likeness (QED) is 0.467. The number of rotatable bonds is 6. The van der Waals surface area contributed by atoms with Crippen LogP contribution in [0.3, 0.4) is 0 Å². The first-order chi connectivity index (χ1) is 13.8. The summed E-state index contributed by atoms with van der Waals surface area (Å²) in [5.74, 6) is -0.737. The van der Waals surface area contributed by atoms with Crippen molar-refractivity contribution in [2.75, 3.05) is 0 Å². The molecule has 0 aliphatic rings. The maximum atomic E-state index is 13.9. The van der Waals surface area contributed by atoms with Crippen molar-refractivity contribution in [2.45, 2.75) is 18.7 Å². The van der Waals surface area contributed by atoms with Gasteiger partial charge in [-0.1, -0.05) is 29.3 Å². The summed E-state index contributed by atoms with van der Waals surface area (Å²) in [4.78, 5) is 10.0. The van der Waals surface area contributed by atoms with Crippen LogP contribution < -0.4 is 9.57 Å². The summed E-state index contributed by atoms with van der Waals surface area (Å²) in [5, 5.41) is 3.93. The molecule has 0 radical (unpaired) electrons. The predicted octanol–water partition coefficient (Wildman–Crippen LogP) is 3.99. The fraction of sp³-hybridized carbons (Fsp3) is 0.105. The van der Waals surface area contributed by atoms with Gasteiger partial charge in [-0.2, -0.15) is 13.5 Å². The maximum Gasteiger partial charge on any atom is 0.276 e.